The van der Waals surface area contributed by atoms with Crippen LogP contribution in [0.25, 0.3) is 0 Å². The quantitative estimate of drug-likeness (QED) is 0.792. The first kappa shape index (κ1) is 12.0. The molecule has 0 radical (unpaired) electrons. The zero-order valence-corrected chi connectivity index (χ0v) is 9.87. The molecule has 0 spiro atoms. The highest BCUT2D eigenvalue weighted by Gasteiger charge is 2.02. The lowest BCUT2D eigenvalue weighted by Crippen LogP contribution is -2.25. The topological polar surface area (TPSA) is 32.3 Å². The molecule has 1 unspecified atom stereocenters. The molecule has 0 fully saturated rings. The van der Waals surface area contributed by atoms with E-state index in [4.69, 9.17) is 16.7 Å². The third-order valence-electron chi connectivity index (χ3n) is 2.04. The molecule has 0 aliphatic rings. The predicted molar refractivity (Wildman–Crippen MR) is 62.0 cm³/mol. The Labute approximate surface area is 93.9 Å². The van der Waals surface area contributed by atoms with Gasteiger partial charge in [0.25, 0.3) is 0 Å². The van der Waals surface area contributed by atoms with E-state index in [1.165, 1.54) is 4.88 Å². The zero-order valence-electron chi connectivity index (χ0n) is 8.29. The molecule has 0 saturated carbocycles. The number of hydrogen-bond donors (Lipinski definition) is 2. The lowest BCUT2D eigenvalue weighted by atomic mass is 10.2. The fourth-order valence-corrected chi connectivity index (χ4v) is 2.24. The second-order valence-electron chi connectivity index (χ2n) is 3.38. The summed E-state index contributed by atoms with van der Waals surface area (Å²) in [4.78, 5) is 1.26. The maximum atomic E-state index is 8.66. The van der Waals surface area contributed by atoms with Crippen molar-refractivity contribution < 1.29 is 5.11 Å². The zero-order chi connectivity index (χ0) is 10.4. The molecule has 0 aliphatic heterocycles. The molecule has 0 saturated heterocycles. The molecule has 0 aromatic carbocycles. The number of rotatable bonds is 6. The normalized spacial score (nSPS) is 13.1. The molecule has 0 aliphatic carbocycles. The summed E-state index contributed by atoms with van der Waals surface area (Å²) < 4.78 is 0. The molecular formula is C10H16ClNOS. The van der Waals surface area contributed by atoms with Gasteiger partial charge in [-0.25, -0.2) is 0 Å². The van der Waals surface area contributed by atoms with E-state index in [2.05, 4.69) is 12.2 Å². The van der Waals surface area contributed by atoms with Gasteiger partial charge in [0.15, 0.2) is 0 Å². The summed E-state index contributed by atoms with van der Waals surface area (Å²) >= 11 is 7.48. The Kier molecular flexibility index (Phi) is 5.48. The minimum atomic E-state index is 0.275. The fourth-order valence-electron chi connectivity index (χ4n) is 1.22. The van der Waals surface area contributed by atoms with Gasteiger partial charge in [-0.05, 0) is 25.8 Å². The van der Waals surface area contributed by atoms with Crippen LogP contribution in [0.2, 0.25) is 5.02 Å². The Morgan fingerprint density at radius 1 is 1.64 bits per heavy atom. The highest BCUT2D eigenvalue weighted by Crippen LogP contribution is 2.18. The second-order valence-corrected chi connectivity index (χ2v) is 4.81. The van der Waals surface area contributed by atoms with Crippen molar-refractivity contribution in [3.05, 3.63) is 21.3 Å². The molecule has 0 amide bonds. The van der Waals surface area contributed by atoms with Crippen LogP contribution in [0.3, 0.4) is 0 Å². The molecule has 1 aromatic rings. The lowest BCUT2D eigenvalue weighted by molar-refractivity contribution is 0.276. The number of aliphatic hydroxyl groups is 1. The van der Waals surface area contributed by atoms with Gasteiger partial charge in [0, 0.05) is 29.5 Å². The monoisotopic (exact) mass is 233 g/mol. The summed E-state index contributed by atoms with van der Waals surface area (Å²) in [7, 11) is 0. The van der Waals surface area contributed by atoms with Gasteiger partial charge in [-0.1, -0.05) is 11.6 Å². The molecule has 1 aromatic heterocycles. The summed E-state index contributed by atoms with van der Waals surface area (Å²) in [6, 6.07) is 2.43. The predicted octanol–water partition coefficient (Wildman–Crippen LogP) is 2.65. The number of aliphatic hydroxyl groups excluding tert-OH is 1. The summed E-state index contributed by atoms with van der Waals surface area (Å²) in [6.45, 7) is 3.27. The molecule has 4 heteroatoms. The van der Waals surface area contributed by atoms with Crippen molar-refractivity contribution in [3.63, 3.8) is 0 Å². The molecule has 0 bridgehead atoms. The van der Waals surface area contributed by atoms with Crippen LogP contribution in [0.15, 0.2) is 11.4 Å². The van der Waals surface area contributed by atoms with Crippen molar-refractivity contribution in [1.29, 1.82) is 0 Å². The Morgan fingerprint density at radius 2 is 2.43 bits per heavy atom. The Balaban J connectivity index is 2.20. The molecule has 80 valence electrons. The molecule has 14 heavy (non-hydrogen) atoms. The third-order valence-corrected chi connectivity index (χ3v) is 3.33. The third kappa shape index (κ3) is 4.42. The van der Waals surface area contributed by atoms with Gasteiger partial charge in [-0.3, -0.25) is 0 Å². The van der Waals surface area contributed by atoms with E-state index in [0.29, 0.717) is 6.04 Å². The molecule has 1 heterocycles. The summed E-state index contributed by atoms with van der Waals surface area (Å²) in [5.74, 6) is 0. The first-order chi connectivity index (χ1) is 6.72. The maximum absolute atomic E-state index is 8.66. The standard InChI is InChI=1S/C10H16ClNOS/c1-8(3-2-4-13)12-6-10-5-9(11)7-14-10/h5,7-8,12-13H,2-4,6H2,1H3. The van der Waals surface area contributed by atoms with E-state index in [1.54, 1.807) is 11.3 Å². The average molecular weight is 234 g/mol. The number of nitrogens with one attached hydrogen (secondary N) is 1. The second kappa shape index (κ2) is 6.40. The van der Waals surface area contributed by atoms with E-state index < -0.39 is 0 Å². The van der Waals surface area contributed by atoms with Gasteiger partial charge >= 0.3 is 0 Å². The Morgan fingerprint density at radius 3 is 3.00 bits per heavy atom. The van der Waals surface area contributed by atoms with Crippen LogP contribution >= 0.6 is 22.9 Å². The number of halogens is 1. The van der Waals surface area contributed by atoms with Crippen molar-refractivity contribution in [2.75, 3.05) is 6.61 Å². The van der Waals surface area contributed by atoms with Crippen molar-refractivity contribution >= 4 is 22.9 Å². The van der Waals surface area contributed by atoms with Gasteiger partial charge in [-0.2, -0.15) is 0 Å². The first-order valence-corrected chi connectivity index (χ1v) is 6.05. The highest BCUT2D eigenvalue weighted by atomic mass is 35.5. The summed E-state index contributed by atoms with van der Waals surface area (Å²) in [6.07, 6.45) is 1.87. The van der Waals surface area contributed by atoms with Gasteiger partial charge in [0.05, 0.1) is 5.02 Å². The minimum absolute atomic E-state index is 0.275. The van der Waals surface area contributed by atoms with E-state index in [1.807, 2.05) is 11.4 Å². The number of hydrogen-bond acceptors (Lipinski definition) is 3. The molecule has 1 rings (SSSR count). The van der Waals surface area contributed by atoms with Crippen molar-refractivity contribution in [2.24, 2.45) is 0 Å². The van der Waals surface area contributed by atoms with Crippen molar-refractivity contribution in [3.8, 4) is 0 Å². The smallest absolute Gasteiger partial charge is 0.0516 e. The molecule has 2 nitrogen and oxygen atoms in total. The average Bonchev–Trinajstić information content (AvgIpc) is 2.58. The van der Waals surface area contributed by atoms with Crippen LogP contribution in [0, 0.1) is 0 Å². The van der Waals surface area contributed by atoms with Crippen LogP contribution < -0.4 is 5.32 Å². The Bertz CT molecular complexity index is 264. The molecular weight excluding hydrogens is 218 g/mol. The fraction of sp³-hybridized carbons (Fsp3) is 0.600. The van der Waals surface area contributed by atoms with E-state index >= 15 is 0 Å². The van der Waals surface area contributed by atoms with Crippen LogP contribution in [-0.2, 0) is 6.54 Å². The summed E-state index contributed by atoms with van der Waals surface area (Å²) in [5, 5.41) is 14.8. The van der Waals surface area contributed by atoms with Crippen LogP contribution in [0.5, 0.6) is 0 Å². The van der Waals surface area contributed by atoms with Gasteiger partial charge < -0.3 is 10.4 Å². The highest BCUT2D eigenvalue weighted by molar-refractivity contribution is 7.10. The molecule has 1 atom stereocenters. The van der Waals surface area contributed by atoms with E-state index in [-0.39, 0.29) is 6.61 Å². The minimum Gasteiger partial charge on any atom is -0.396 e. The number of thiophene rings is 1. The SMILES string of the molecule is CC(CCCO)NCc1cc(Cl)cs1. The van der Waals surface area contributed by atoms with Gasteiger partial charge in [0.2, 0.25) is 0 Å². The van der Waals surface area contributed by atoms with Gasteiger partial charge in [-0.15, -0.1) is 11.3 Å². The first-order valence-electron chi connectivity index (χ1n) is 4.79. The maximum Gasteiger partial charge on any atom is 0.0516 e. The molecule has 2 N–H and O–H groups in total. The van der Waals surface area contributed by atoms with E-state index in [9.17, 15) is 0 Å². The van der Waals surface area contributed by atoms with Crippen molar-refractivity contribution in [1.82, 2.24) is 5.32 Å². The van der Waals surface area contributed by atoms with E-state index in [0.717, 1.165) is 24.4 Å². The van der Waals surface area contributed by atoms with Crippen molar-refractivity contribution in [2.45, 2.75) is 32.4 Å². The largest absolute Gasteiger partial charge is 0.396 e. The Hall–Kier alpha value is -0.0900. The van der Waals surface area contributed by atoms with Gasteiger partial charge in [0.1, 0.15) is 0 Å². The van der Waals surface area contributed by atoms with Crippen LogP contribution in [0.4, 0.5) is 0 Å². The summed E-state index contributed by atoms with van der Waals surface area (Å²) in [5.41, 5.74) is 0. The lowest BCUT2D eigenvalue weighted by Gasteiger charge is -2.11. The van der Waals surface area contributed by atoms with Crippen LogP contribution in [-0.4, -0.2) is 17.8 Å². The van der Waals surface area contributed by atoms with Crippen LogP contribution in [0.1, 0.15) is 24.6 Å².